The van der Waals surface area contributed by atoms with Gasteiger partial charge in [-0.25, -0.2) is 0 Å². The van der Waals surface area contributed by atoms with E-state index in [0.29, 0.717) is 6.61 Å². The molecule has 0 atom stereocenters. The monoisotopic (exact) mass is 500 g/mol. The maximum absolute atomic E-state index is 5.97. The van der Waals surface area contributed by atoms with Gasteiger partial charge in [0, 0.05) is 44.5 Å². The minimum atomic E-state index is 0.675. The molecule has 4 rings (SSSR count). The number of nitrogens with one attached hydrogen (secondary N) is 2. The molecule has 0 saturated carbocycles. The lowest BCUT2D eigenvalue weighted by Gasteiger charge is -2.26. The summed E-state index contributed by atoms with van der Waals surface area (Å²) in [5.74, 6) is 0.876. The average Bonchev–Trinajstić information content (AvgIpc) is 3.41. The summed E-state index contributed by atoms with van der Waals surface area (Å²) in [4.78, 5) is 6.33. The van der Waals surface area contributed by atoms with Crippen molar-refractivity contribution in [3.63, 3.8) is 0 Å². The molecule has 1 aliphatic carbocycles. The molecule has 37 heavy (non-hydrogen) atoms. The molecule has 2 aromatic carbocycles. The van der Waals surface area contributed by atoms with Crippen LogP contribution in [0.25, 0.3) is 11.3 Å². The number of aliphatic imine (C=N–C) groups is 1. The van der Waals surface area contributed by atoms with Crippen LogP contribution in [0.3, 0.4) is 0 Å². The van der Waals surface area contributed by atoms with Gasteiger partial charge < -0.3 is 20.1 Å². The lowest BCUT2D eigenvalue weighted by molar-refractivity contribution is 0.0322. The Hall–Kier alpha value is -3.35. The predicted molar refractivity (Wildman–Crippen MR) is 154 cm³/mol. The summed E-state index contributed by atoms with van der Waals surface area (Å²) >= 11 is 0. The smallest absolute Gasteiger partial charge is 0.119 e. The zero-order chi connectivity index (χ0) is 25.9. The van der Waals surface area contributed by atoms with E-state index in [-0.39, 0.29) is 0 Å². The van der Waals surface area contributed by atoms with E-state index in [2.05, 4.69) is 70.4 Å². The first-order chi connectivity index (χ1) is 18.1. The Morgan fingerprint density at radius 2 is 1.84 bits per heavy atom. The first kappa shape index (κ1) is 26.7. The van der Waals surface area contributed by atoms with Gasteiger partial charge in [-0.3, -0.25) is 9.89 Å². The van der Waals surface area contributed by atoms with E-state index in [0.717, 1.165) is 62.0 Å². The van der Waals surface area contributed by atoms with Crippen molar-refractivity contribution in [3.8, 4) is 5.75 Å². The summed E-state index contributed by atoms with van der Waals surface area (Å²) in [7, 11) is 1.75. The molecule has 1 heterocycles. The van der Waals surface area contributed by atoms with Crippen LogP contribution in [-0.2, 0) is 17.6 Å². The lowest BCUT2D eigenvalue weighted by atomic mass is 9.98. The van der Waals surface area contributed by atoms with Crippen LogP contribution in [0.1, 0.15) is 42.0 Å². The number of nitrogens with zero attached hydrogens (tertiary/aromatic N) is 2. The Kier molecular flexibility index (Phi) is 9.97. The molecule has 0 unspecified atom stereocenters. The summed E-state index contributed by atoms with van der Waals surface area (Å²) in [5, 5.41) is 6.67. The second-order valence-electron chi connectivity index (χ2n) is 9.53. The molecule has 6 heteroatoms. The Morgan fingerprint density at radius 3 is 2.62 bits per heavy atom. The topological polar surface area (TPSA) is 58.1 Å². The molecular weight excluding hydrogens is 460 g/mol. The van der Waals surface area contributed by atoms with Crippen LogP contribution in [0.5, 0.6) is 5.75 Å². The van der Waals surface area contributed by atoms with E-state index in [4.69, 9.17) is 9.47 Å². The minimum absolute atomic E-state index is 0.675. The number of benzene rings is 2. The van der Waals surface area contributed by atoms with E-state index in [9.17, 15) is 0 Å². The molecule has 2 aromatic rings. The van der Waals surface area contributed by atoms with Gasteiger partial charge in [0.25, 0.3) is 0 Å². The van der Waals surface area contributed by atoms with Gasteiger partial charge in [0.2, 0.25) is 0 Å². The number of fused-ring (bicyclic) bond motifs is 1. The van der Waals surface area contributed by atoms with E-state index in [1.54, 1.807) is 13.4 Å². The highest BCUT2D eigenvalue weighted by molar-refractivity contribution is 5.72. The molecule has 1 fully saturated rings. The van der Waals surface area contributed by atoms with Crippen LogP contribution in [-0.4, -0.2) is 57.7 Å². The number of hydrogen-bond donors (Lipinski definition) is 2. The summed E-state index contributed by atoms with van der Waals surface area (Å²) in [5.41, 5.74) is 8.50. The molecule has 196 valence electrons. The second-order valence-corrected chi connectivity index (χ2v) is 9.53. The van der Waals surface area contributed by atoms with Gasteiger partial charge in [-0.15, -0.1) is 0 Å². The normalized spacial score (nSPS) is 16.6. The molecule has 2 N–H and O–H groups in total. The number of hydrogen-bond acceptors (Lipinski definition) is 5. The summed E-state index contributed by atoms with van der Waals surface area (Å²) in [6.07, 6.45) is 10.0. The number of morpholine rings is 1. The summed E-state index contributed by atoms with van der Waals surface area (Å²) in [6.45, 7) is 11.7. The van der Waals surface area contributed by atoms with E-state index in [1.165, 1.54) is 41.5 Å². The van der Waals surface area contributed by atoms with Crippen LogP contribution in [0.15, 0.2) is 72.0 Å². The van der Waals surface area contributed by atoms with Gasteiger partial charge in [0.05, 0.1) is 19.6 Å². The average molecular weight is 501 g/mol. The molecule has 6 nitrogen and oxygen atoms in total. The van der Waals surface area contributed by atoms with Gasteiger partial charge in [-0.2, -0.15) is 0 Å². The summed E-state index contributed by atoms with van der Waals surface area (Å²) < 4.78 is 11.4. The van der Waals surface area contributed by atoms with Crippen LogP contribution < -0.4 is 15.4 Å². The van der Waals surface area contributed by atoms with Crippen LogP contribution in [0, 0.1) is 0 Å². The van der Waals surface area contributed by atoms with Crippen molar-refractivity contribution < 1.29 is 9.47 Å². The van der Waals surface area contributed by atoms with Gasteiger partial charge in [-0.1, -0.05) is 30.9 Å². The fourth-order valence-corrected chi connectivity index (χ4v) is 4.76. The third kappa shape index (κ3) is 7.81. The predicted octanol–water partition coefficient (Wildman–Crippen LogP) is 5.03. The third-order valence-corrected chi connectivity index (χ3v) is 7.01. The zero-order valence-electron chi connectivity index (χ0n) is 22.3. The largest absolute Gasteiger partial charge is 0.492 e. The first-order valence-electron chi connectivity index (χ1n) is 13.3. The Bertz CT molecular complexity index is 1130. The molecular formula is C31H40N4O2. The van der Waals surface area contributed by atoms with Crippen LogP contribution >= 0.6 is 0 Å². The molecule has 0 radical (unpaired) electrons. The highest BCUT2D eigenvalue weighted by Crippen LogP contribution is 2.28. The maximum atomic E-state index is 5.97. The fraction of sp³-hybridized carbons (Fsp3) is 0.387. The van der Waals surface area contributed by atoms with Crippen molar-refractivity contribution in [3.05, 3.63) is 89.3 Å². The SMILES string of the molecule is C=C(N/C(C/C=C\NC=NC)=C(\C)c1ccc2c(c1)CCC2)c1ccc(OCCN2CCOCC2)cc1. The quantitative estimate of drug-likeness (QED) is 0.316. The third-order valence-electron chi connectivity index (χ3n) is 7.01. The number of rotatable bonds is 12. The van der Waals surface area contributed by atoms with E-state index in [1.807, 2.05) is 18.3 Å². The van der Waals surface area contributed by atoms with E-state index < -0.39 is 0 Å². The standard InChI is InChI=1S/C31H40N4O2/c1-24(28-10-9-27-6-4-7-29(27)22-28)31(8-5-15-33-23-32-3)34-25(2)26-11-13-30(14-12-26)37-21-18-35-16-19-36-20-17-35/h5,9-15,22-23,34H,2,4,6-8,16-21H2,1,3H3,(H,32,33)/b15-5-,31-24+. The number of allylic oxidation sites excluding steroid dienone is 2. The van der Waals surface area contributed by atoms with Crippen molar-refractivity contribution in [1.29, 1.82) is 0 Å². The van der Waals surface area contributed by atoms with Crippen molar-refractivity contribution in [2.24, 2.45) is 4.99 Å². The molecule has 1 saturated heterocycles. The van der Waals surface area contributed by atoms with Gasteiger partial charge in [0.15, 0.2) is 0 Å². The molecule has 2 aliphatic rings. The van der Waals surface area contributed by atoms with Crippen molar-refractivity contribution in [2.45, 2.75) is 32.6 Å². The Morgan fingerprint density at radius 1 is 1.08 bits per heavy atom. The van der Waals surface area contributed by atoms with Crippen molar-refractivity contribution in [1.82, 2.24) is 15.5 Å². The molecule has 0 spiro atoms. The Labute approximate surface area is 221 Å². The molecule has 1 aliphatic heterocycles. The molecule has 0 aromatic heterocycles. The second kappa shape index (κ2) is 13.8. The highest BCUT2D eigenvalue weighted by atomic mass is 16.5. The summed E-state index contributed by atoms with van der Waals surface area (Å²) in [6, 6.07) is 15.1. The number of ether oxygens (including phenoxy) is 2. The molecule has 0 bridgehead atoms. The van der Waals surface area contributed by atoms with E-state index >= 15 is 0 Å². The Balaban J connectivity index is 1.41. The molecule has 0 amide bonds. The van der Waals surface area contributed by atoms with Gasteiger partial charge in [0.1, 0.15) is 12.4 Å². The lowest BCUT2D eigenvalue weighted by Crippen LogP contribution is -2.38. The maximum Gasteiger partial charge on any atom is 0.119 e. The first-order valence-corrected chi connectivity index (χ1v) is 13.3. The van der Waals surface area contributed by atoms with Crippen LogP contribution in [0.2, 0.25) is 0 Å². The minimum Gasteiger partial charge on any atom is -0.492 e. The zero-order valence-corrected chi connectivity index (χ0v) is 22.3. The number of aryl methyl sites for hydroxylation is 2. The van der Waals surface area contributed by atoms with Crippen molar-refractivity contribution >= 4 is 17.6 Å². The van der Waals surface area contributed by atoms with Gasteiger partial charge >= 0.3 is 0 Å². The van der Waals surface area contributed by atoms with Gasteiger partial charge in [-0.05, 0) is 84.5 Å². The highest BCUT2D eigenvalue weighted by Gasteiger charge is 2.14. The van der Waals surface area contributed by atoms with Crippen LogP contribution in [0.4, 0.5) is 0 Å². The fourth-order valence-electron chi connectivity index (χ4n) is 4.76. The van der Waals surface area contributed by atoms with Crippen molar-refractivity contribution in [2.75, 3.05) is 46.5 Å².